The summed E-state index contributed by atoms with van der Waals surface area (Å²) >= 11 is 3.43. The third-order valence-corrected chi connectivity index (χ3v) is 5.11. The largest absolute Gasteiger partial charge is 0.345 e. The SMILES string of the molecule is Cc1cc(Br)ccc1C(=O)NC1(CN)CCCCC1C. The number of nitrogens with one attached hydrogen (secondary N) is 1. The lowest BCUT2D eigenvalue weighted by Crippen LogP contribution is -2.59. The highest BCUT2D eigenvalue weighted by molar-refractivity contribution is 9.10. The van der Waals surface area contributed by atoms with Crippen LogP contribution in [0.2, 0.25) is 0 Å². The molecular weight excluding hydrogens is 316 g/mol. The van der Waals surface area contributed by atoms with Crippen LogP contribution in [0.15, 0.2) is 22.7 Å². The summed E-state index contributed by atoms with van der Waals surface area (Å²) in [6.45, 7) is 4.66. The van der Waals surface area contributed by atoms with Crippen molar-refractivity contribution in [3.05, 3.63) is 33.8 Å². The third-order valence-electron chi connectivity index (χ3n) is 4.61. The van der Waals surface area contributed by atoms with Crippen LogP contribution in [0.3, 0.4) is 0 Å². The normalized spacial score (nSPS) is 26.3. The van der Waals surface area contributed by atoms with E-state index in [1.54, 1.807) is 0 Å². The Kier molecular flexibility index (Phi) is 4.86. The molecule has 0 spiro atoms. The van der Waals surface area contributed by atoms with Crippen LogP contribution in [0.25, 0.3) is 0 Å². The van der Waals surface area contributed by atoms with E-state index in [0.29, 0.717) is 12.5 Å². The number of carbonyl (C=O) groups is 1. The molecule has 2 atom stereocenters. The average Bonchev–Trinajstić information content (AvgIpc) is 2.41. The van der Waals surface area contributed by atoms with E-state index in [2.05, 4.69) is 28.2 Å². The summed E-state index contributed by atoms with van der Waals surface area (Å²) in [5.74, 6) is 0.426. The van der Waals surface area contributed by atoms with Crippen molar-refractivity contribution in [2.75, 3.05) is 6.54 Å². The molecule has 0 saturated heterocycles. The molecule has 1 aliphatic carbocycles. The van der Waals surface area contributed by atoms with Gasteiger partial charge in [-0.15, -0.1) is 0 Å². The van der Waals surface area contributed by atoms with Crippen LogP contribution in [-0.4, -0.2) is 18.0 Å². The lowest BCUT2D eigenvalue weighted by atomic mass is 9.73. The van der Waals surface area contributed by atoms with Crippen LogP contribution in [0.4, 0.5) is 0 Å². The molecule has 1 saturated carbocycles. The first-order valence-electron chi connectivity index (χ1n) is 7.27. The molecule has 4 heteroatoms. The van der Waals surface area contributed by atoms with Gasteiger partial charge in [-0.3, -0.25) is 4.79 Å². The topological polar surface area (TPSA) is 55.1 Å². The van der Waals surface area contributed by atoms with Crippen LogP contribution < -0.4 is 11.1 Å². The van der Waals surface area contributed by atoms with Gasteiger partial charge < -0.3 is 11.1 Å². The minimum atomic E-state index is -0.241. The van der Waals surface area contributed by atoms with Crippen molar-refractivity contribution in [2.24, 2.45) is 11.7 Å². The predicted octanol–water partition coefficient (Wildman–Crippen LogP) is 3.39. The second-order valence-electron chi connectivity index (χ2n) is 5.92. The van der Waals surface area contributed by atoms with Crippen LogP contribution in [0.1, 0.15) is 48.5 Å². The molecule has 3 nitrogen and oxygen atoms in total. The Morgan fingerprint density at radius 2 is 2.25 bits per heavy atom. The number of hydrogen-bond donors (Lipinski definition) is 2. The summed E-state index contributed by atoms with van der Waals surface area (Å²) in [5, 5.41) is 3.23. The fourth-order valence-electron chi connectivity index (χ4n) is 3.13. The van der Waals surface area contributed by atoms with Gasteiger partial charge in [-0.05, 0) is 49.4 Å². The van der Waals surface area contributed by atoms with Gasteiger partial charge in [0.2, 0.25) is 0 Å². The highest BCUT2D eigenvalue weighted by Gasteiger charge is 2.38. The molecule has 1 aromatic rings. The van der Waals surface area contributed by atoms with Crippen molar-refractivity contribution in [1.82, 2.24) is 5.32 Å². The molecule has 1 fully saturated rings. The first-order valence-corrected chi connectivity index (χ1v) is 8.06. The van der Waals surface area contributed by atoms with Crippen molar-refractivity contribution < 1.29 is 4.79 Å². The summed E-state index contributed by atoms with van der Waals surface area (Å²) in [5.41, 5.74) is 7.47. The Morgan fingerprint density at radius 1 is 1.50 bits per heavy atom. The second kappa shape index (κ2) is 6.27. The van der Waals surface area contributed by atoms with Crippen molar-refractivity contribution in [1.29, 1.82) is 0 Å². The van der Waals surface area contributed by atoms with E-state index >= 15 is 0 Å². The first kappa shape index (κ1) is 15.5. The Labute approximate surface area is 129 Å². The first-order chi connectivity index (χ1) is 9.48. The zero-order valence-corrected chi connectivity index (χ0v) is 13.8. The maximum atomic E-state index is 12.6. The fraction of sp³-hybridized carbons (Fsp3) is 0.562. The molecule has 110 valence electrons. The Morgan fingerprint density at radius 3 is 2.85 bits per heavy atom. The minimum Gasteiger partial charge on any atom is -0.345 e. The average molecular weight is 339 g/mol. The van der Waals surface area contributed by atoms with E-state index in [4.69, 9.17) is 5.73 Å². The van der Waals surface area contributed by atoms with E-state index in [1.807, 2.05) is 25.1 Å². The van der Waals surface area contributed by atoms with Gasteiger partial charge in [-0.2, -0.15) is 0 Å². The molecule has 2 unspecified atom stereocenters. The monoisotopic (exact) mass is 338 g/mol. The fourth-order valence-corrected chi connectivity index (χ4v) is 3.60. The van der Waals surface area contributed by atoms with Gasteiger partial charge in [-0.25, -0.2) is 0 Å². The molecular formula is C16H23BrN2O. The third kappa shape index (κ3) is 3.07. The highest BCUT2D eigenvalue weighted by atomic mass is 79.9. The highest BCUT2D eigenvalue weighted by Crippen LogP contribution is 2.33. The van der Waals surface area contributed by atoms with E-state index in [9.17, 15) is 4.79 Å². The standard InChI is InChI=1S/C16H23BrN2O/c1-11-9-13(17)6-7-14(11)15(20)19-16(10-18)8-4-3-5-12(16)2/h6-7,9,12H,3-5,8,10,18H2,1-2H3,(H,19,20). The predicted molar refractivity (Wildman–Crippen MR) is 85.8 cm³/mol. The van der Waals surface area contributed by atoms with E-state index in [1.165, 1.54) is 6.42 Å². The summed E-state index contributed by atoms with van der Waals surface area (Å²) in [6, 6.07) is 5.74. The van der Waals surface area contributed by atoms with Crippen molar-refractivity contribution in [3.8, 4) is 0 Å². The van der Waals surface area contributed by atoms with Gasteiger partial charge in [0.05, 0.1) is 5.54 Å². The molecule has 3 N–H and O–H groups in total. The smallest absolute Gasteiger partial charge is 0.252 e. The van der Waals surface area contributed by atoms with Crippen molar-refractivity contribution >= 4 is 21.8 Å². The van der Waals surface area contributed by atoms with Crippen molar-refractivity contribution in [2.45, 2.75) is 45.1 Å². The molecule has 0 aliphatic heterocycles. The van der Waals surface area contributed by atoms with Gasteiger partial charge in [0.25, 0.3) is 5.91 Å². The zero-order chi connectivity index (χ0) is 14.8. The van der Waals surface area contributed by atoms with Crippen LogP contribution in [-0.2, 0) is 0 Å². The molecule has 20 heavy (non-hydrogen) atoms. The van der Waals surface area contributed by atoms with Crippen LogP contribution in [0, 0.1) is 12.8 Å². The van der Waals surface area contributed by atoms with Gasteiger partial charge in [0, 0.05) is 16.6 Å². The molecule has 0 aromatic heterocycles. The molecule has 1 amide bonds. The number of aryl methyl sites for hydroxylation is 1. The number of rotatable bonds is 3. The molecule has 2 rings (SSSR count). The van der Waals surface area contributed by atoms with Crippen molar-refractivity contribution in [3.63, 3.8) is 0 Å². The maximum absolute atomic E-state index is 12.6. The summed E-state index contributed by atoms with van der Waals surface area (Å²) in [6.07, 6.45) is 4.49. The number of benzene rings is 1. The Balaban J connectivity index is 2.20. The van der Waals surface area contributed by atoms with E-state index in [0.717, 1.165) is 34.9 Å². The zero-order valence-electron chi connectivity index (χ0n) is 12.2. The van der Waals surface area contributed by atoms with Gasteiger partial charge in [0.15, 0.2) is 0 Å². The number of nitrogens with two attached hydrogens (primary N) is 1. The van der Waals surface area contributed by atoms with Crippen LogP contribution >= 0.6 is 15.9 Å². The summed E-state index contributed by atoms with van der Waals surface area (Å²) in [7, 11) is 0. The molecule has 0 bridgehead atoms. The minimum absolute atomic E-state index is 0.00537. The number of halogens is 1. The molecule has 1 aromatic carbocycles. The van der Waals surface area contributed by atoms with Gasteiger partial charge in [0.1, 0.15) is 0 Å². The maximum Gasteiger partial charge on any atom is 0.252 e. The van der Waals surface area contributed by atoms with E-state index in [-0.39, 0.29) is 11.4 Å². The van der Waals surface area contributed by atoms with Gasteiger partial charge in [-0.1, -0.05) is 35.7 Å². The summed E-state index contributed by atoms with van der Waals surface area (Å²) in [4.78, 5) is 12.6. The Hall–Kier alpha value is -0.870. The number of amides is 1. The summed E-state index contributed by atoms with van der Waals surface area (Å²) < 4.78 is 0.992. The lowest BCUT2D eigenvalue weighted by molar-refractivity contribution is 0.0812. The second-order valence-corrected chi connectivity index (χ2v) is 6.84. The lowest BCUT2D eigenvalue weighted by Gasteiger charge is -2.42. The Bertz CT molecular complexity index is 503. The molecule has 0 heterocycles. The number of carbonyl (C=O) groups excluding carboxylic acids is 1. The van der Waals surface area contributed by atoms with E-state index < -0.39 is 0 Å². The molecule has 1 aliphatic rings. The molecule has 0 radical (unpaired) electrons. The quantitative estimate of drug-likeness (QED) is 0.887. The van der Waals surface area contributed by atoms with Gasteiger partial charge >= 0.3 is 0 Å². The van der Waals surface area contributed by atoms with Crippen LogP contribution in [0.5, 0.6) is 0 Å². The number of hydrogen-bond acceptors (Lipinski definition) is 2.